The molecule has 10 heteroatoms. The van der Waals surface area contributed by atoms with E-state index in [1.54, 1.807) is 36.4 Å². The van der Waals surface area contributed by atoms with Crippen LogP contribution in [0.2, 0.25) is 0 Å². The fraction of sp³-hybridized carbons (Fsp3) is 0.125. The van der Waals surface area contributed by atoms with Crippen molar-refractivity contribution in [2.45, 2.75) is 0 Å². The van der Waals surface area contributed by atoms with Crippen LogP contribution >= 0.6 is 0 Å². The van der Waals surface area contributed by atoms with Crippen LogP contribution in [-0.2, 0) is 0 Å². The lowest BCUT2D eigenvalue weighted by atomic mass is 9.94. The molecule has 0 amide bonds. The number of fused-ring (bicyclic) bond motifs is 2. The molecule has 0 radical (unpaired) electrons. The SMILES string of the molecule is COc1ccc(-c2ccc(OC)c(C(=O)C(=O)c3ccc4c(c3)OCO4)c2)cc1C(=O)C(=O)c1ccc2c(c1)OCO2. The van der Waals surface area contributed by atoms with E-state index in [-0.39, 0.29) is 47.3 Å². The lowest BCUT2D eigenvalue weighted by Gasteiger charge is -2.13. The molecule has 2 aliphatic rings. The van der Waals surface area contributed by atoms with Gasteiger partial charge in [-0.3, -0.25) is 19.2 Å². The Labute approximate surface area is 239 Å². The molecule has 0 aromatic heterocycles. The van der Waals surface area contributed by atoms with Gasteiger partial charge in [-0.1, -0.05) is 12.1 Å². The van der Waals surface area contributed by atoms with Crippen molar-refractivity contribution in [2.75, 3.05) is 27.8 Å². The molecule has 4 aromatic rings. The van der Waals surface area contributed by atoms with E-state index in [1.165, 1.54) is 50.6 Å². The quantitative estimate of drug-likeness (QED) is 0.203. The van der Waals surface area contributed by atoms with E-state index in [0.717, 1.165) is 0 Å². The number of benzene rings is 4. The fourth-order valence-corrected chi connectivity index (χ4v) is 4.71. The molecule has 6 rings (SSSR count). The van der Waals surface area contributed by atoms with Crippen molar-refractivity contribution in [2.24, 2.45) is 0 Å². The summed E-state index contributed by atoms with van der Waals surface area (Å²) in [6.07, 6.45) is 0. The highest BCUT2D eigenvalue weighted by atomic mass is 16.7. The number of carbonyl (C=O) groups is 4. The maximum atomic E-state index is 13.4. The molecule has 0 aliphatic carbocycles. The number of ether oxygens (including phenoxy) is 6. The van der Waals surface area contributed by atoms with Crippen molar-refractivity contribution in [1.29, 1.82) is 0 Å². The molecule has 0 N–H and O–H groups in total. The first-order valence-corrected chi connectivity index (χ1v) is 12.7. The van der Waals surface area contributed by atoms with E-state index in [4.69, 9.17) is 28.4 Å². The molecule has 10 nitrogen and oxygen atoms in total. The van der Waals surface area contributed by atoms with Crippen molar-refractivity contribution in [1.82, 2.24) is 0 Å². The van der Waals surface area contributed by atoms with Crippen LogP contribution in [0.15, 0.2) is 72.8 Å². The van der Waals surface area contributed by atoms with Crippen molar-refractivity contribution < 1.29 is 47.6 Å². The summed E-state index contributed by atoms with van der Waals surface area (Å²) < 4.78 is 32.0. The number of rotatable bonds is 9. The molecule has 0 atom stereocenters. The average Bonchev–Trinajstić information content (AvgIpc) is 3.71. The normalized spacial score (nSPS) is 12.5. The van der Waals surface area contributed by atoms with Crippen LogP contribution in [0, 0.1) is 0 Å². The fourth-order valence-electron chi connectivity index (χ4n) is 4.71. The van der Waals surface area contributed by atoms with Gasteiger partial charge in [-0.25, -0.2) is 0 Å². The van der Waals surface area contributed by atoms with E-state index in [0.29, 0.717) is 34.1 Å². The Morgan fingerprint density at radius 1 is 0.500 bits per heavy atom. The maximum Gasteiger partial charge on any atom is 0.237 e. The minimum atomic E-state index is -0.796. The topological polar surface area (TPSA) is 124 Å². The number of ketones is 4. The largest absolute Gasteiger partial charge is 0.496 e. The summed E-state index contributed by atoms with van der Waals surface area (Å²) in [5.74, 6) is -1.000. The third-order valence-electron chi connectivity index (χ3n) is 6.90. The predicted molar refractivity (Wildman–Crippen MR) is 147 cm³/mol. The summed E-state index contributed by atoms with van der Waals surface area (Å²) in [4.78, 5) is 53.0. The smallest absolute Gasteiger partial charge is 0.237 e. The first-order valence-electron chi connectivity index (χ1n) is 12.7. The van der Waals surface area contributed by atoms with E-state index in [2.05, 4.69) is 0 Å². The first-order chi connectivity index (χ1) is 20.4. The Hall–Kier alpha value is -5.64. The van der Waals surface area contributed by atoms with Gasteiger partial charge in [0.2, 0.25) is 36.7 Å². The van der Waals surface area contributed by atoms with Crippen LogP contribution < -0.4 is 28.4 Å². The van der Waals surface area contributed by atoms with E-state index in [9.17, 15) is 19.2 Å². The molecular formula is C32H22O10. The van der Waals surface area contributed by atoms with Crippen LogP contribution in [0.25, 0.3) is 11.1 Å². The zero-order chi connectivity index (χ0) is 29.4. The van der Waals surface area contributed by atoms with Crippen LogP contribution in [-0.4, -0.2) is 50.9 Å². The molecule has 0 fully saturated rings. The van der Waals surface area contributed by atoms with Crippen LogP contribution in [0.4, 0.5) is 0 Å². The molecule has 210 valence electrons. The summed E-state index contributed by atoms with van der Waals surface area (Å²) in [6.45, 7) is 0.0663. The Balaban J connectivity index is 1.33. The third-order valence-corrected chi connectivity index (χ3v) is 6.90. The van der Waals surface area contributed by atoms with E-state index in [1.807, 2.05) is 0 Å². The molecule has 0 unspecified atom stereocenters. The lowest BCUT2D eigenvalue weighted by molar-refractivity contribution is 0.0815. The summed E-state index contributed by atoms with van der Waals surface area (Å²) in [5.41, 5.74) is 1.33. The second-order valence-electron chi connectivity index (χ2n) is 9.28. The third kappa shape index (κ3) is 4.68. The van der Waals surface area contributed by atoms with Gasteiger partial charge >= 0.3 is 0 Å². The Morgan fingerprint density at radius 3 is 1.31 bits per heavy atom. The van der Waals surface area contributed by atoms with Crippen LogP contribution in [0.5, 0.6) is 34.5 Å². The lowest BCUT2D eigenvalue weighted by Crippen LogP contribution is -2.16. The highest BCUT2D eigenvalue weighted by molar-refractivity contribution is 6.50. The average molecular weight is 567 g/mol. The van der Waals surface area contributed by atoms with Gasteiger partial charge in [-0.15, -0.1) is 0 Å². The first kappa shape index (κ1) is 26.6. The van der Waals surface area contributed by atoms with E-state index >= 15 is 0 Å². The second kappa shape index (κ2) is 10.7. The molecular weight excluding hydrogens is 544 g/mol. The molecule has 0 bridgehead atoms. The zero-order valence-electron chi connectivity index (χ0n) is 22.4. The highest BCUT2D eigenvalue weighted by Gasteiger charge is 2.27. The molecule has 0 saturated heterocycles. The van der Waals surface area contributed by atoms with Gasteiger partial charge in [0.15, 0.2) is 23.0 Å². The second-order valence-corrected chi connectivity index (χ2v) is 9.28. The predicted octanol–water partition coefficient (Wildman–Crippen LogP) is 4.96. The summed E-state index contributed by atoms with van der Waals surface area (Å²) in [6, 6.07) is 18.5. The molecule has 42 heavy (non-hydrogen) atoms. The van der Waals surface area contributed by atoms with Gasteiger partial charge < -0.3 is 28.4 Å². The number of hydrogen-bond donors (Lipinski definition) is 0. The van der Waals surface area contributed by atoms with Crippen molar-refractivity contribution in [3.05, 3.63) is 95.1 Å². The minimum absolute atomic E-state index is 0.0257. The van der Waals surface area contributed by atoms with Gasteiger partial charge in [-0.05, 0) is 71.8 Å². The summed E-state index contributed by atoms with van der Waals surface area (Å²) >= 11 is 0. The standard InChI is InChI=1S/C32H22O10/c1-37-23-7-3-17(11-21(23)31(35)29(33)19-5-9-25-27(13-19)41-15-39-25)18-4-8-24(38-2)22(12-18)32(36)30(34)20-6-10-26-28(14-20)42-16-40-26/h3-14H,15-16H2,1-2H3. The Morgan fingerprint density at radius 2 is 0.905 bits per heavy atom. The number of hydrogen-bond acceptors (Lipinski definition) is 10. The molecule has 2 aliphatic heterocycles. The van der Waals surface area contributed by atoms with Gasteiger partial charge in [0.25, 0.3) is 0 Å². The molecule has 2 heterocycles. The van der Waals surface area contributed by atoms with Crippen molar-refractivity contribution >= 4 is 23.1 Å². The number of Topliss-reactive ketones (excluding diaryl/α,β-unsaturated/α-hetero) is 4. The number of methoxy groups -OCH3 is 2. The van der Waals surface area contributed by atoms with Crippen molar-refractivity contribution in [3.63, 3.8) is 0 Å². The van der Waals surface area contributed by atoms with Gasteiger partial charge in [0.1, 0.15) is 11.5 Å². The molecule has 0 saturated carbocycles. The maximum absolute atomic E-state index is 13.4. The molecule has 0 spiro atoms. The minimum Gasteiger partial charge on any atom is -0.496 e. The van der Waals surface area contributed by atoms with Crippen molar-refractivity contribution in [3.8, 4) is 45.6 Å². The zero-order valence-corrected chi connectivity index (χ0v) is 22.4. The number of carbonyl (C=O) groups excluding carboxylic acids is 4. The summed E-state index contributed by atoms with van der Waals surface area (Å²) in [5, 5.41) is 0. The summed E-state index contributed by atoms with van der Waals surface area (Å²) in [7, 11) is 2.78. The van der Waals surface area contributed by atoms with Gasteiger partial charge in [0, 0.05) is 11.1 Å². The van der Waals surface area contributed by atoms with Crippen LogP contribution in [0.3, 0.4) is 0 Å². The van der Waals surface area contributed by atoms with E-state index < -0.39 is 23.1 Å². The Bertz CT molecular complexity index is 1660. The monoisotopic (exact) mass is 566 g/mol. The van der Waals surface area contributed by atoms with Gasteiger partial charge in [-0.2, -0.15) is 0 Å². The Kier molecular flexibility index (Phi) is 6.79. The molecule has 4 aromatic carbocycles. The van der Waals surface area contributed by atoms with Gasteiger partial charge in [0.05, 0.1) is 25.3 Å². The van der Waals surface area contributed by atoms with Crippen LogP contribution in [0.1, 0.15) is 41.4 Å². The highest BCUT2D eigenvalue weighted by Crippen LogP contribution is 2.36.